The fourth-order valence-electron chi connectivity index (χ4n) is 2.96. The van der Waals surface area contributed by atoms with Gasteiger partial charge in [0.05, 0.1) is 13.2 Å². The average molecular weight is 343 g/mol. The van der Waals surface area contributed by atoms with E-state index in [1.807, 2.05) is 14.0 Å². The summed E-state index contributed by atoms with van der Waals surface area (Å²) in [5.74, 6) is 1.58. The molecule has 0 amide bonds. The largest absolute Gasteiger partial charge is 0.382 e. The van der Waals surface area contributed by atoms with E-state index in [0.29, 0.717) is 12.0 Å². The van der Waals surface area contributed by atoms with Crippen LogP contribution in [0.4, 0.5) is 0 Å². The van der Waals surface area contributed by atoms with Crippen LogP contribution < -0.4 is 10.6 Å². The van der Waals surface area contributed by atoms with Crippen molar-refractivity contribution in [3.63, 3.8) is 0 Å². The normalized spacial score (nSPS) is 18.0. The highest BCUT2D eigenvalue weighted by atomic mass is 16.5. The van der Waals surface area contributed by atoms with E-state index in [2.05, 4.69) is 34.4 Å². The van der Waals surface area contributed by atoms with Gasteiger partial charge in [-0.1, -0.05) is 13.8 Å². The molecule has 1 fully saturated rings. The molecule has 0 radical (unpaired) electrons. The number of morpholine rings is 1. The minimum Gasteiger partial charge on any atom is -0.382 e. The summed E-state index contributed by atoms with van der Waals surface area (Å²) in [5, 5.41) is 6.90. The van der Waals surface area contributed by atoms with Gasteiger partial charge in [-0.3, -0.25) is 9.89 Å². The number of hydrogen-bond acceptors (Lipinski definition) is 4. The molecule has 0 aliphatic carbocycles. The van der Waals surface area contributed by atoms with Gasteiger partial charge in [-0.2, -0.15) is 0 Å². The van der Waals surface area contributed by atoms with Crippen molar-refractivity contribution in [2.75, 3.05) is 59.7 Å². The average Bonchev–Trinajstić information content (AvgIpc) is 2.59. The van der Waals surface area contributed by atoms with Gasteiger partial charge in [0, 0.05) is 52.5 Å². The third-order valence-electron chi connectivity index (χ3n) is 4.25. The predicted octanol–water partition coefficient (Wildman–Crippen LogP) is 1.72. The van der Waals surface area contributed by atoms with E-state index >= 15 is 0 Å². The lowest BCUT2D eigenvalue weighted by Crippen LogP contribution is -2.51. The smallest absolute Gasteiger partial charge is 0.191 e. The Morgan fingerprint density at radius 3 is 2.58 bits per heavy atom. The van der Waals surface area contributed by atoms with E-state index in [0.717, 1.165) is 71.4 Å². The van der Waals surface area contributed by atoms with Gasteiger partial charge in [0.2, 0.25) is 0 Å². The molecular weight excluding hydrogens is 304 g/mol. The van der Waals surface area contributed by atoms with Gasteiger partial charge < -0.3 is 20.1 Å². The van der Waals surface area contributed by atoms with Crippen molar-refractivity contribution in [1.82, 2.24) is 15.5 Å². The molecule has 0 saturated carbocycles. The van der Waals surface area contributed by atoms with Gasteiger partial charge in [0.1, 0.15) is 0 Å². The maximum atomic E-state index is 5.49. The first-order valence-electron chi connectivity index (χ1n) is 9.51. The third kappa shape index (κ3) is 9.45. The van der Waals surface area contributed by atoms with Crippen molar-refractivity contribution in [3.05, 3.63) is 0 Å². The van der Waals surface area contributed by atoms with Crippen LogP contribution in [-0.4, -0.2) is 76.6 Å². The van der Waals surface area contributed by atoms with Crippen molar-refractivity contribution in [3.8, 4) is 0 Å². The lowest BCUT2D eigenvalue weighted by atomic mass is 10.0. The highest BCUT2D eigenvalue weighted by molar-refractivity contribution is 5.79. The zero-order valence-electron chi connectivity index (χ0n) is 16.1. The first-order valence-corrected chi connectivity index (χ1v) is 9.51. The summed E-state index contributed by atoms with van der Waals surface area (Å²) < 4.78 is 10.8. The maximum absolute atomic E-state index is 5.49. The lowest BCUT2D eigenvalue weighted by molar-refractivity contribution is 0.0132. The van der Waals surface area contributed by atoms with E-state index < -0.39 is 0 Å². The molecule has 0 aromatic carbocycles. The highest BCUT2D eigenvalue weighted by Crippen LogP contribution is 2.12. The van der Waals surface area contributed by atoms with Crippen LogP contribution in [0.3, 0.4) is 0 Å². The fraction of sp³-hybridized carbons (Fsp3) is 0.944. The molecule has 6 heteroatoms. The molecule has 1 rings (SSSR count). The second-order valence-electron chi connectivity index (χ2n) is 6.72. The number of ether oxygens (including phenoxy) is 2. The summed E-state index contributed by atoms with van der Waals surface area (Å²) in [6.45, 7) is 13.9. The molecule has 24 heavy (non-hydrogen) atoms. The molecule has 1 aliphatic heterocycles. The topological polar surface area (TPSA) is 58.1 Å². The van der Waals surface area contributed by atoms with Crippen LogP contribution in [0.15, 0.2) is 4.99 Å². The van der Waals surface area contributed by atoms with Gasteiger partial charge in [0.15, 0.2) is 5.96 Å². The Morgan fingerprint density at radius 1 is 1.21 bits per heavy atom. The molecular formula is C18H38N4O2. The second kappa shape index (κ2) is 13.4. The number of hydrogen-bond donors (Lipinski definition) is 2. The fourth-order valence-corrected chi connectivity index (χ4v) is 2.96. The number of nitrogens with one attached hydrogen (secondary N) is 2. The minimum absolute atomic E-state index is 0.533. The van der Waals surface area contributed by atoms with E-state index in [1.54, 1.807) is 0 Å². The molecule has 2 N–H and O–H groups in total. The van der Waals surface area contributed by atoms with Crippen LogP contribution in [0.5, 0.6) is 0 Å². The molecule has 142 valence electrons. The molecule has 1 saturated heterocycles. The predicted molar refractivity (Wildman–Crippen MR) is 101 cm³/mol. The summed E-state index contributed by atoms with van der Waals surface area (Å²) in [7, 11) is 1.84. The molecule has 6 nitrogen and oxygen atoms in total. The molecule has 0 aromatic heterocycles. The molecule has 1 atom stereocenters. The van der Waals surface area contributed by atoms with Crippen molar-refractivity contribution in [2.24, 2.45) is 10.9 Å². The van der Waals surface area contributed by atoms with Gasteiger partial charge in [-0.05, 0) is 32.1 Å². The summed E-state index contributed by atoms with van der Waals surface area (Å²) in [6.07, 6.45) is 3.37. The number of guanidine groups is 1. The summed E-state index contributed by atoms with van der Waals surface area (Å²) in [6, 6.07) is 0.533. The Bertz CT molecular complexity index is 331. The lowest BCUT2D eigenvalue weighted by Gasteiger charge is -2.35. The standard InChI is InChI=1S/C18H38N4O2/c1-5-23-11-7-6-8-20-18(19-4)21-15-17(14-16(2)3)22-9-12-24-13-10-22/h16-17H,5-15H2,1-4H3,(H2,19,20,21). The molecule has 0 aromatic rings. The van der Waals surface area contributed by atoms with E-state index in [-0.39, 0.29) is 0 Å². The minimum atomic E-state index is 0.533. The molecule has 1 heterocycles. The Labute approximate surface area is 148 Å². The molecule has 1 aliphatic rings. The number of aliphatic imine (C=N–C) groups is 1. The number of unbranched alkanes of at least 4 members (excludes halogenated alkanes) is 1. The Kier molecular flexibility index (Phi) is 11.9. The monoisotopic (exact) mass is 342 g/mol. The van der Waals surface area contributed by atoms with E-state index in [1.165, 1.54) is 6.42 Å². The van der Waals surface area contributed by atoms with Crippen molar-refractivity contribution >= 4 is 5.96 Å². The van der Waals surface area contributed by atoms with Gasteiger partial charge in [0.25, 0.3) is 0 Å². The quantitative estimate of drug-likeness (QED) is 0.340. The summed E-state index contributed by atoms with van der Waals surface area (Å²) >= 11 is 0. The zero-order chi connectivity index (χ0) is 17.6. The Hall–Kier alpha value is -0.850. The van der Waals surface area contributed by atoms with Crippen LogP contribution in [0.1, 0.15) is 40.0 Å². The van der Waals surface area contributed by atoms with Crippen molar-refractivity contribution in [1.29, 1.82) is 0 Å². The summed E-state index contributed by atoms with van der Waals surface area (Å²) in [4.78, 5) is 6.89. The van der Waals surface area contributed by atoms with Crippen LogP contribution >= 0.6 is 0 Å². The molecule has 1 unspecified atom stereocenters. The third-order valence-corrected chi connectivity index (χ3v) is 4.25. The molecule has 0 bridgehead atoms. The second-order valence-corrected chi connectivity index (χ2v) is 6.72. The van der Waals surface area contributed by atoms with Crippen LogP contribution in [-0.2, 0) is 9.47 Å². The van der Waals surface area contributed by atoms with Crippen LogP contribution in [0.25, 0.3) is 0 Å². The first kappa shape index (κ1) is 21.2. The Balaban J connectivity index is 2.31. The first-order chi connectivity index (χ1) is 11.7. The Morgan fingerprint density at radius 2 is 1.96 bits per heavy atom. The van der Waals surface area contributed by atoms with Crippen LogP contribution in [0.2, 0.25) is 0 Å². The van der Waals surface area contributed by atoms with Crippen molar-refractivity contribution in [2.45, 2.75) is 46.1 Å². The maximum Gasteiger partial charge on any atom is 0.191 e. The van der Waals surface area contributed by atoms with Gasteiger partial charge >= 0.3 is 0 Å². The highest BCUT2D eigenvalue weighted by Gasteiger charge is 2.22. The zero-order valence-corrected chi connectivity index (χ0v) is 16.1. The molecule has 0 spiro atoms. The van der Waals surface area contributed by atoms with Crippen molar-refractivity contribution < 1.29 is 9.47 Å². The van der Waals surface area contributed by atoms with Gasteiger partial charge in [-0.15, -0.1) is 0 Å². The summed E-state index contributed by atoms with van der Waals surface area (Å²) in [5.41, 5.74) is 0. The number of rotatable bonds is 11. The van der Waals surface area contributed by atoms with E-state index in [4.69, 9.17) is 9.47 Å². The SMILES string of the molecule is CCOCCCCNC(=NC)NCC(CC(C)C)N1CCOCC1. The number of nitrogens with zero attached hydrogens (tertiary/aromatic N) is 2. The van der Waals surface area contributed by atoms with Crippen LogP contribution in [0, 0.1) is 5.92 Å². The van der Waals surface area contributed by atoms with E-state index in [9.17, 15) is 0 Å². The van der Waals surface area contributed by atoms with Gasteiger partial charge in [-0.25, -0.2) is 0 Å².